The van der Waals surface area contributed by atoms with Crippen LogP contribution in [0.5, 0.6) is 0 Å². The van der Waals surface area contributed by atoms with Crippen LogP contribution in [-0.4, -0.2) is 59.2 Å². The second-order valence-electron chi connectivity index (χ2n) is 6.95. The highest BCUT2D eigenvalue weighted by atomic mass is 16.2. The quantitative estimate of drug-likeness (QED) is 0.771. The van der Waals surface area contributed by atoms with Gasteiger partial charge in [-0.1, -0.05) is 29.8 Å². The SMILES string of the molecule is Cc1cccc([C@H]2CCCN2C(=O)CCCN2C(=O)CN(C)C2=O)c1. The van der Waals surface area contributed by atoms with Crippen LogP contribution in [0.3, 0.4) is 0 Å². The molecule has 2 aliphatic rings. The van der Waals surface area contributed by atoms with Gasteiger partial charge in [0, 0.05) is 26.6 Å². The van der Waals surface area contributed by atoms with Crippen LogP contribution in [-0.2, 0) is 9.59 Å². The van der Waals surface area contributed by atoms with Crippen LogP contribution >= 0.6 is 0 Å². The molecule has 134 valence electrons. The summed E-state index contributed by atoms with van der Waals surface area (Å²) in [5.41, 5.74) is 2.39. The molecule has 2 fully saturated rings. The van der Waals surface area contributed by atoms with Crippen LogP contribution in [0.4, 0.5) is 4.79 Å². The van der Waals surface area contributed by atoms with E-state index in [-0.39, 0.29) is 30.4 Å². The van der Waals surface area contributed by atoms with Gasteiger partial charge in [-0.05, 0) is 31.7 Å². The Morgan fingerprint density at radius 1 is 1.28 bits per heavy atom. The molecule has 1 aromatic carbocycles. The molecule has 6 nitrogen and oxygen atoms in total. The molecule has 0 radical (unpaired) electrons. The number of aryl methyl sites for hydroxylation is 1. The number of nitrogens with zero attached hydrogens (tertiary/aromatic N) is 3. The lowest BCUT2D eigenvalue weighted by Gasteiger charge is -2.26. The molecule has 4 amide bonds. The normalized spacial score (nSPS) is 20.7. The van der Waals surface area contributed by atoms with Crippen molar-refractivity contribution in [1.29, 1.82) is 0 Å². The summed E-state index contributed by atoms with van der Waals surface area (Å²) in [6.07, 6.45) is 2.88. The van der Waals surface area contributed by atoms with Gasteiger partial charge >= 0.3 is 6.03 Å². The molecule has 0 bridgehead atoms. The van der Waals surface area contributed by atoms with E-state index in [4.69, 9.17) is 0 Å². The van der Waals surface area contributed by atoms with Crippen molar-refractivity contribution in [3.05, 3.63) is 35.4 Å². The molecule has 6 heteroatoms. The first-order valence-electron chi connectivity index (χ1n) is 8.89. The van der Waals surface area contributed by atoms with Gasteiger partial charge in [-0.3, -0.25) is 14.5 Å². The van der Waals surface area contributed by atoms with Crippen LogP contribution in [0.25, 0.3) is 0 Å². The molecule has 0 spiro atoms. The predicted octanol–water partition coefficient (Wildman–Crippen LogP) is 2.33. The summed E-state index contributed by atoms with van der Waals surface area (Å²) in [4.78, 5) is 40.9. The molecule has 2 aliphatic heterocycles. The van der Waals surface area contributed by atoms with E-state index in [9.17, 15) is 14.4 Å². The van der Waals surface area contributed by atoms with E-state index < -0.39 is 0 Å². The number of amides is 4. The highest BCUT2D eigenvalue weighted by Gasteiger charge is 2.34. The third kappa shape index (κ3) is 3.67. The number of hydrogen-bond donors (Lipinski definition) is 0. The van der Waals surface area contributed by atoms with E-state index in [0.717, 1.165) is 19.4 Å². The monoisotopic (exact) mass is 343 g/mol. The van der Waals surface area contributed by atoms with Crippen LogP contribution in [0, 0.1) is 6.92 Å². The van der Waals surface area contributed by atoms with E-state index in [1.54, 1.807) is 7.05 Å². The van der Waals surface area contributed by atoms with Gasteiger partial charge in [0.2, 0.25) is 11.8 Å². The highest BCUT2D eigenvalue weighted by molar-refractivity contribution is 6.01. The summed E-state index contributed by atoms with van der Waals surface area (Å²) in [7, 11) is 1.61. The van der Waals surface area contributed by atoms with Crippen LogP contribution in [0.15, 0.2) is 24.3 Å². The van der Waals surface area contributed by atoms with Gasteiger partial charge in [0.25, 0.3) is 0 Å². The van der Waals surface area contributed by atoms with Crippen molar-refractivity contribution in [1.82, 2.24) is 14.7 Å². The standard InChI is InChI=1S/C19H25N3O3/c1-14-6-3-7-15(12-14)16-8-4-10-21(16)17(23)9-5-11-22-18(24)13-20(2)19(22)25/h3,6-7,12,16H,4-5,8-11,13H2,1-2H3/t16-/m1/s1. The predicted molar refractivity (Wildman–Crippen MR) is 93.8 cm³/mol. The van der Waals surface area contributed by atoms with Crippen molar-refractivity contribution in [3.8, 4) is 0 Å². The van der Waals surface area contributed by atoms with Gasteiger partial charge in [-0.25, -0.2) is 4.79 Å². The largest absolute Gasteiger partial charge is 0.336 e. The molecule has 0 aromatic heterocycles. The van der Waals surface area contributed by atoms with E-state index in [2.05, 4.69) is 25.1 Å². The molecule has 0 saturated carbocycles. The highest BCUT2D eigenvalue weighted by Crippen LogP contribution is 2.32. The second kappa shape index (κ2) is 7.25. The number of hydrogen-bond acceptors (Lipinski definition) is 3. The first-order valence-corrected chi connectivity index (χ1v) is 8.89. The van der Waals surface area contributed by atoms with Gasteiger partial charge in [-0.15, -0.1) is 0 Å². The average Bonchev–Trinajstić information content (AvgIpc) is 3.15. The van der Waals surface area contributed by atoms with Gasteiger partial charge in [0.15, 0.2) is 0 Å². The molecule has 1 atom stereocenters. The zero-order chi connectivity index (χ0) is 18.0. The molecule has 1 aromatic rings. The molecule has 2 saturated heterocycles. The van der Waals surface area contributed by atoms with Crippen molar-refractivity contribution in [2.75, 3.05) is 26.7 Å². The van der Waals surface area contributed by atoms with Crippen molar-refractivity contribution in [2.45, 2.75) is 38.6 Å². The van der Waals surface area contributed by atoms with Crippen molar-refractivity contribution in [2.24, 2.45) is 0 Å². The maximum Gasteiger partial charge on any atom is 0.326 e. The third-order valence-corrected chi connectivity index (χ3v) is 5.00. The zero-order valence-corrected chi connectivity index (χ0v) is 14.9. The molecule has 0 aliphatic carbocycles. The van der Waals surface area contributed by atoms with E-state index in [0.29, 0.717) is 19.4 Å². The van der Waals surface area contributed by atoms with E-state index in [1.807, 2.05) is 11.0 Å². The lowest BCUT2D eigenvalue weighted by Crippen LogP contribution is -2.34. The molecule has 3 rings (SSSR count). The number of rotatable bonds is 5. The number of urea groups is 1. The van der Waals surface area contributed by atoms with E-state index in [1.165, 1.54) is 20.9 Å². The Morgan fingerprint density at radius 2 is 2.08 bits per heavy atom. The van der Waals surface area contributed by atoms with E-state index >= 15 is 0 Å². The molecule has 2 heterocycles. The average molecular weight is 343 g/mol. The molecule has 0 N–H and O–H groups in total. The van der Waals surface area contributed by atoms with Crippen LogP contribution in [0.2, 0.25) is 0 Å². The Labute approximate surface area is 148 Å². The number of carbonyl (C=O) groups is 3. The number of benzene rings is 1. The Morgan fingerprint density at radius 3 is 2.76 bits per heavy atom. The molecule has 0 unspecified atom stereocenters. The van der Waals surface area contributed by atoms with Gasteiger partial charge < -0.3 is 9.80 Å². The smallest absolute Gasteiger partial charge is 0.326 e. The zero-order valence-electron chi connectivity index (χ0n) is 14.9. The van der Waals surface area contributed by atoms with Gasteiger partial charge in [-0.2, -0.15) is 0 Å². The summed E-state index contributed by atoms with van der Waals surface area (Å²) in [5.74, 6) is -0.0739. The topological polar surface area (TPSA) is 60.9 Å². The van der Waals surface area contributed by atoms with Gasteiger partial charge in [0.05, 0.1) is 6.04 Å². The summed E-state index contributed by atoms with van der Waals surface area (Å²) in [6, 6.07) is 8.21. The number of likely N-dealkylation sites (tertiary alicyclic amines) is 1. The van der Waals surface area contributed by atoms with Gasteiger partial charge in [0.1, 0.15) is 6.54 Å². The number of likely N-dealkylation sites (N-methyl/N-ethyl adjacent to an activating group) is 1. The summed E-state index contributed by atoms with van der Waals surface area (Å²) in [6.45, 7) is 3.29. The Balaban J connectivity index is 1.56. The fourth-order valence-corrected chi connectivity index (χ4v) is 3.71. The number of imide groups is 1. The van der Waals surface area contributed by atoms with Crippen molar-refractivity contribution >= 4 is 17.8 Å². The fraction of sp³-hybridized carbons (Fsp3) is 0.526. The first-order chi connectivity index (χ1) is 12.0. The summed E-state index contributed by atoms with van der Waals surface area (Å²) < 4.78 is 0. The maximum atomic E-state index is 12.6. The lowest BCUT2D eigenvalue weighted by molar-refractivity contribution is -0.133. The van der Waals surface area contributed by atoms with Crippen molar-refractivity contribution < 1.29 is 14.4 Å². The first kappa shape index (κ1) is 17.5. The third-order valence-electron chi connectivity index (χ3n) is 5.00. The maximum absolute atomic E-state index is 12.6. The van der Waals surface area contributed by atoms with Crippen LogP contribution in [0.1, 0.15) is 42.9 Å². The minimum Gasteiger partial charge on any atom is -0.336 e. The molecular weight excluding hydrogens is 318 g/mol. The molecule has 25 heavy (non-hydrogen) atoms. The summed E-state index contributed by atoms with van der Waals surface area (Å²) in [5, 5.41) is 0. The minimum atomic E-state index is -0.267. The molecular formula is C19H25N3O3. The fourth-order valence-electron chi connectivity index (χ4n) is 3.71. The lowest BCUT2D eigenvalue weighted by atomic mass is 10.0. The Bertz CT molecular complexity index is 688. The Hall–Kier alpha value is -2.37. The Kier molecular flexibility index (Phi) is 5.06. The van der Waals surface area contributed by atoms with Crippen LogP contribution < -0.4 is 0 Å². The summed E-state index contributed by atoms with van der Waals surface area (Å²) >= 11 is 0. The minimum absolute atomic E-state index is 0.108. The van der Waals surface area contributed by atoms with Crippen molar-refractivity contribution in [3.63, 3.8) is 0 Å². The second-order valence-corrected chi connectivity index (χ2v) is 6.95. The number of carbonyl (C=O) groups excluding carboxylic acids is 3.